The van der Waals surface area contributed by atoms with E-state index in [2.05, 4.69) is 30.4 Å². The number of hydrogen-bond acceptors (Lipinski definition) is 6. The number of rotatable bonds is 7. The second kappa shape index (κ2) is 7.54. The zero-order valence-corrected chi connectivity index (χ0v) is 15.6. The highest BCUT2D eigenvalue weighted by Gasteiger charge is 2.27. The molecule has 2 aromatic rings. The first-order chi connectivity index (χ1) is 13.1. The molecule has 2 aliphatic rings. The number of carboxylic acid groups (broad SMARTS) is 1. The highest BCUT2D eigenvalue weighted by atomic mass is 16.4. The van der Waals surface area contributed by atoms with Gasteiger partial charge in [0.1, 0.15) is 5.82 Å². The Labute approximate surface area is 158 Å². The molecule has 8 nitrogen and oxygen atoms in total. The Kier molecular flexibility index (Phi) is 4.96. The zero-order valence-electron chi connectivity index (χ0n) is 15.6. The summed E-state index contributed by atoms with van der Waals surface area (Å²) in [5, 5.41) is 19.6. The Hall–Kier alpha value is -2.64. The Bertz CT molecular complexity index is 795. The molecule has 0 aromatic carbocycles. The molecular weight excluding hydrogens is 344 g/mol. The summed E-state index contributed by atoms with van der Waals surface area (Å²) in [5.41, 5.74) is 1.18. The number of carbonyl (C=O) groups is 1. The van der Waals surface area contributed by atoms with Gasteiger partial charge in [0.2, 0.25) is 5.95 Å². The van der Waals surface area contributed by atoms with Crippen LogP contribution in [0.3, 0.4) is 0 Å². The quantitative estimate of drug-likeness (QED) is 0.686. The van der Waals surface area contributed by atoms with Crippen LogP contribution >= 0.6 is 0 Å². The molecule has 0 bridgehead atoms. The molecule has 0 saturated heterocycles. The lowest BCUT2D eigenvalue weighted by Crippen LogP contribution is -2.36. The van der Waals surface area contributed by atoms with Gasteiger partial charge >= 0.3 is 5.97 Å². The van der Waals surface area contributed by atoms with E-state index in [1.54, 1.807) is 6.20 Å². The van der Waals surface area contributed by atoms with E-state index in [1.165, 1.54) is 18.5 Å². The molecule has 0 unspecified atom stereocenters. The minimum atomic E-state index is -0.697. The van der Waals surface area contributed by atoms with E-state index in [-0.39, 0.29) is 6.42 Å². The molecule has 2 fully saturated rings. The van der Waals surface area contributed by atoms with Crippen molar-refractivity contribution in [2.45, 2.75) is 56.9 Å². The Morgan fingerprint density at radius 3 is 2.74 bits per heavy atom. The van der Waals surface area contributed by atoms with Crippen LogP contribution in [0.4, 0.5) is 17.6 Å². The van der Waals surface area contributed by atoms with E-state index in [0.717, 1.165) is 37.3 Å². The Morgan fingerprint density at radius 2 is 2.04 bits per heavy atom. The normalized spacial score (nSPS) is 22.4. The Balaban J connectivity index is 1.37. The van der Waals surface area contributed by atoms with Crippen LogP contribution in [0.15, 0.2) is 18.3 Å². The van der Waals surface area contributed by atoms with Crippen molar-refractivity contribution in [1.29, 1.82) is 0 Å². The molecule has 144 valence electrons. The van der Waals surface area contributed by atoms with Crippen LogP contribution in [0.5, 0.6) is 0 Å². The van der Waals surface area contributed by atoms with Crippen LogP contribution in [0.1, 0.15) is 56.6 Å². The largest absolute Gasteiger partial charge is 0.481 e. The van der Waals surface area contributed by atoms with E-state index < -0.39 is 5.97 Å². The van der Waals surface area contributed by atoms with E-state index >= 15 is 0 Å². The predicted octanol–water partition coefficient (Wildman–Crippen LogP) is 3.29. The first-order valence-electron chi connectivity index (χ1n) is 9.68. The molecular formula is C19H26N6O2. The molecule has 0 atom stereocenters. The summed E-state index contributed by atoms with van der Waals surface area (Å²) in [7, 11) is 2.01. The van der Waals surface area contributed by atoms with Gasteiger partial charge in [-0.15, -0.1) is 0 Å². The van der Waals surface area contributed by atoms with Gasteiger partial charge in [-0.2, -0.15) is 10.1 Å². The number of aromatic nitrogens is 4. The summed E-state index contributed by atoms with van der Waals surface area (Å²) in [5.74, 6) is 2.41. The fourth-order valence-corrected chi connectivity index (χ4v) is 3.87. The smallest absolute Gasteiger partial charge is 0.303 e. The van der Waals surface area contributed by atoms with Gasteiger partial charge in [0.15, 0.2) is 5.82 Å². The van der Waals surface area contributed by atoms with Crippen LogP contribution in [0, 0.1) is 5.92 Å². The van der Waals surface area contributed by atoms with Crippen molar-refractivity contribution in [3.63, 3.8) is 0 Å². The van der Waals surface area contributed by atoms with Crippen molar-refractivity contribution in [2.24, 2.45) is 5.92 Å². The second-order valence-electron chi connectivity index (χ2n) is 7.73. The molecule has 0 amide bonds. The van der Waals surface area contributed by atoms with Gasteiger partial charge in [-0.05, 0) is 50.5 Å². The van der Waals surface area contributed by atoms with Crippen LogP contribution in [-0.2, 0) is 4.79 Å². The molecule has 0 aliphatic heterocycles. The van der Waals surface area contributed by atoms with Crippen molar-refractivity contribution in [2.75, 3.05) is 17.3 Å². The summed E-state index contributed by atoms with van der Waals surface area (Å²) in [6.07, 6.45) is 8.33. The minimum absolute atomic E-state index is 0.277. The van der Waals surface area contributed by atoms with Gasteiger partial charge in [0, 0.05) is 43.4 Å². The summed E-state index contributed by atoms with van der Waals surface area (Å²) in [4.78, 5) is 22.1. The lowest BCUT2D eigenvalue weighted by atomic mass is 9.84. The molecule has 2 saturated carbocycles. The highest BCUT2D eigenvalue weighted by Crippen LogP contribution is 2.39. The molecule has 2 aliphatic carbocycles. The van der Waals surface area contributed by atoms with Crippen LogP contribution in [-0.4, -0.2) is 44.3 Å². The third-order valence-electron chi connectivity index (χ3n) is 5.66. The van der Waals surface area contributed by atoms with Gasteiger partial charge < -0.3 is 15.3 Å². The van der Waals surface area contributed by atoms with E-state index in [9.17, 15) is 4.79 Å². The lowest BCUT2D eigenvalue weighted by molar-refractivity contribution is -0.138. The van der Waals surface area contributed by atoms with Gasteiger partial charge in [0.05, 0.1) is 0 Å². The third kappa shape index (κ3) is 4.37. The molecule has 2 heterocycles. The highest BCUT2D eigenvalue weighted by molar-refractivity contribution is 5.67. The van der Waals surface area contributed by atoms with Gasteiger partial charge in [0.25, 0.3) is 0 Å². The van der Waals surface area contributed by atoms with Crippen molar-refractivity contribution < 1.29 is 9.90 Å². The molecule has 4 rings (SSSR count). The lowest BCUT2D eigenvalue weighted by Gasteiger charge is -2.34. The van der Waals surface area contributed by atoms with E-state index in [1.807, 2.05) is 19.2 Å². The van der Waals surface area contributed by atoms with Crippen LogP contribution in [0.25, 0.3) is 0 Å². The minimum Gasteiger partial charge on any atom is -0.481 e. The standard InChI is InChI=1S/C19H26N6O2/c1-25(14-6-2-12(3-7-14)10-18(26)27)19-20-9-8-16(22-19)21-17-11-15(23-24-17)13-4-5-13/h8-9,11-14H,2-7,10H2,1H3,(H,26,27)(H2,20,21,22,23,24). The van der Waals surface area contributed by atoms with Gasteiger partial charge in [-0.3, -0.25) is 9.89 Å². The van der Waals surface area contributed by atoms with Gasteiger partial charge in [-0.25, -0.2) is 4.98 Å². The number of nitrogens with zero attached hydrogens (tertiary/aromatic N) is 4. The SMILES string of the molecule is CN(c1nccc(Nc2cc(C3CC3)[nH]n2)n1)C1CCC(CC(=O)O)CC1. The van der Waals surface area contributed by atoms with Crippen LogP contribution in [0.2, 0.25) is 0 Å². The monoisotopic (exact) mass is 370 g/mol. The summed E-state index contributed by atoms with van der Waals surface area (Å²) < 4.78 is 0. The fraction of sp³-hybridized carbons (Fsp3) is 0.579. The van der Waals surface area contributed by atoms with Crippen molar-refractivity contribution in [3.05, 3.63) is 24.0 Å². The second-order valence-corrected chi connectivity index (χ2v) is 7.73. The number of aliphatic carboxylic acids is 1. The average Bonchev–Trinajstić information content (AvgIpc) is 3.41. The number of aromatic amines is 1. The van der Waals surface area contributed by atoms with Crippen molar-refractivity contribution >= 4 is 23.6 Å². The van der Waals surface area contributed by atoms with Crippen molar-refractivity contribution in [1.82, 2.24) is 20.2 Å². The number of H-pyrrole nitrogens is 1. The van der Waals surface area contributed by atoms with E-state index in [0.29, 0.717) is 23.8 Å². The first kappa shape index (κ1) is 17.8. The third-order valence-corrected chi connectivity index (χ3v) is 5.66. The predicted molar refractivity (Wildman–Crippen MR) is 102 cm³/mol. The summed E-state index contributed by atoms with van der Waals surface area (Å²) in [6, 6.07) is 4.23. The number of nitrogens with one attached hydrogen (secondary N) is 2. The molecule has 8 heteroatoms. The molecule has 0 radical (unpaired) electrons. The van der Waals surface area contributed by atoms with Crippen molar-refractivity contribution in [3.8, 4) is 0 Å². The Morgan fingerprint density at radius 1 is 1.26 bits per heavy atom. The maximum Gasteiger partial charge on any atom is 0.303 e. The molecule has 0 spiro atoms. The topological polar surface area (TPSA) is 107 Å². The summed E-state index contributed by atoms with van der Waals surface area (Å²) >= 11 is 0. The molecule has 2 aromatic heterocycles. The maximum absolute atomic E-state index is 10.9. The molecule has 27 heavy (non-hydrogen) atoms. The van der Waals surface area contributed by atoms with Crippen LogP contribution < -0.4 is 10.2 Å². The summed E-state index contributed by atoms with van der Waals surface area (Å²) in [6.45, 7) is 0. The number of anilines is 3. The fourth-order valence-electron chi connectivity index (χ4n) is 3.87. The molecule has 3 N–H and O–H groups in total. The number of carboxylic acids is 1. The zero-order chi connectivity index (χ0) is 18.8. The maximum atomic E-state index is 10.9. The first-order valence-corrected chi connectivity index (χ1v) is 9.68. The van der Waals surface area contributed by atoms with E-state index in [4.69, 9.17) is 5.11 Å². The average molecular weight is 370 g/mol. The number of hydrogen-bond donors (Lipinski definition) is 3. The van der Waals surface area contributed by atoms with Gasteiger partial charge in [-0.1, -0.05) is 0 Å².